The highest BCUT2D eigenvalue weighted by Gasteiger charge is 2.30. The van der Waals surface area contributed by atoms with Crippen molar-refractivity contribution in [2.75, 3.05) is 19.7 Å². The summed E-state index contributed by atoms with van der Waals surface area (Å²) in [6.45, 7) is 1.45. The minimum Gasteiger partial charge on any atom is -0.481 e. The van der Waals surface area contributed by atoms with Gasteiger partial charge in [-0.3, -0.25) is 4.79 Å². The van der Waals surface area contributed by atoms with E-state index in [9.17, 15) is 9.59 Å². The topological polar surface area (TPSA) is 89.9 Å². The van der Waals surface area contributed by atoms with E-state index < -0.39 is 5.97 Å². The summed E-state index contributed by atoms with van der Waals surface area (Å²) >= 11 is 0. The van der Waals surface area contributed by atoms with Gasteiger partial charge in [0.1, 0.15) is 0 Å². The average Bonchev–Trinajstić information content (AvgIpc) is 2.88. The van der Waals surface area contributed by atoms with Crippen molar-refractivity contribution in [1.29, 1.82) is 0 Å². The molecule has 0 spiro atoms. The first-order chi connectivity index (χ1) is 9.10. The zero-order chi connectivity index (χ0) is 13.8. The zero-order valence-corrected chi connectivity index (χ0v) is 11.0. The number of carbonyl (C=O) groups excluding carboxylic acids is 1. The van der Waals surface area contributed by atoms with Crippen LogP contribution in [-0.4, -0.2) is 52.9 Å². The number of nitrogens with one attached hydrogen (secondary N) is 1. The Morgan fingerprint density at radius 2 is 1.84 bits per heavy atom. The van der Waals surface area contributed by atoms with Crippen LogP contribution >= 0.6 is 0 Å². The number of nitrogens with zero attached hydrogens (tertiary/aromatic N) is 1. The van der Waals surface area contributed by atoms with Gasteiger partial charge in [0.25, 0.3) is 0 Å². The molecule has 0 aromatic rings. The number of rotatable bonds is 3. The van der Waals surface area contributed by atoms with E-state index >= 15 is 0 Å². The fourth-order valence-electron chi connectivity index (χ4n) is 2.92. The fraction of sp³-hybridized carbons (Fsp3) is 0.846. The molecule has 19 heavy (non-hydrogen) atoms. The molecular formula is C13H22N2O4. The standard InChI is InChI=1S/C13H22N2O4/c16-8-9-5-6-15(7-9)13(19)14-11-3-1-10(2-4-11)12(17)18/h9-11,16H,1-8H2,(H,14,19)(H,17,18). The molecule has 6 heteroatoms. The van der Waals surface area contributed by atoms with E-state index in [2.05, 4.69) is 5.32 Å². The Kier molecular flexibility index (Phi) is 4.63. The molecule has 2 rings (SSSR count). The minimum atomic E-state index is -0.727. The molecule has 0 bridgehead atoms. The number of hydrogen-bond donors (Lipinski definition) is 3. The zero-order valence-electron chi connectivity index (χ0n) is 11.0. The maximum Gasteiger partial charge on any atom is 0.317 e. The Morgan fingerprint density at radius 3 is 2.37 bits per heavy atom. The van der Waals surface area contributed by atoms with Crippen molar-refractivity contribution in [3.63, 3.8) is 0 Å². The molecule has 1 saturated heterocycles. The normalized spacial score (nSPS) is 31.2. The number of aliphatic hydroxyl groups is 1. The number of aliphatic carboxylic acids is 1. The Labute approximate surface area is 112 Å². The van der Waals surface area contributed by atoms with Gasteiger partial charge in [0, 0.05) is 31.7 Å². The third kappa shape index (κ3) is 3.59. The van der Waals surface area contributed by atoms with Crippen molar-refractivity contribution >= 4 is 12.0 Å². The van der Waals surface area contributed by atoms with Crippen molar-refractivity contribution in [2.45, 2.75) is 38.1 Å². The van der Waals surface area contributed by atoms with Crippen molar-refractivity contribution in [3.05, 3.63) is 0 Å². The van der Waals surface area contributed by atoms with Crippen LogP contribution in [0.2, 0.25) is 0 Å². The molecule has 1 aliphatic carbocycles. The van der Waals surface area contributed by atoms with Gasteiger partial charge in [0.2, 0.25) is 0 Å². The molecular weight excluding hydrogens is 248 g/mol. The number of amides is 2. The number of likely N-dealkylation sites (tertiary alicyclic amines) is 1. The number of hydrogen-bond acceptors (Lipinski definition) is 3. The van der Waals surface area contributed by atoms with Gasteiger partial charge in [-0.15, -0.1) is 0 Å². The summed E-state index contributed by atoms with van der Waals surface area (Å²) in [5.74, 6) is -0.776. The quantitative estimate of drug-likeness (QED) is 0.702. The number of aliphatic hydroxyl groups excluding tert-OH is 1. The fourth-order valence-corrected chi connectivity index (χ4v) is 2.92. The number of carboxylic acids is 1. The summed E-state index contributed by atoms with van der Waals surface area (Å²) < 4.78 is 0. The summed E-state index contributed by atoms with van der Waals surface area (Å²) in [6.07, 6.45) is 3.61. The molecule has 0 aromatic carbocycles. The Balaban J connectivity index is 1.73. The molecule has 3 N–H and O–H groups in total. The van der Waals surface area contributed by atoms with E-state index in [1.807, 2.05) is 0 Å². The molecule has 0 aromatic heterocycles. The van der Waals surface area contributed by atoms with E-state index in [1.165, 1.54) is 0 Å². The SMILES string of the molecule is O=C(O)C1CCC(NC(=O)N2CCC(CO)C2)CC1. The molecule has 2 amide bonds. The van der Waals surface area contributed by atoms with Crippen LogP contribution in [0.1, 0.15) is 32.1 Å². The van der Waals surface area contributed by atoms with Crippen LogP contribution in [0.4, 0.5) is 4.79 Å². The van der Waals surface area contributed by atoms with Gasteiger partial charge < -0.3 is 20.4 Å². The minimum absolute atomic E-state index is 0.0743. The number of carbonyl (C=O) groups is 2. The molecule has 1 aliphatic heterocycles. The van der Waals surface area contributed by atoms with Crippen LogP contribution in [0.3, 0.4) is 0 Å². The van der Waals surface area contributed by atoms with Crippen LogP contribution in [0, 0.1) is 11.8 Å². The van der Waals surface area contributed by atoms with E-state index in [1.54, 1.807) is 4.90 Å². The van der Waals surface area contributed by atoms with Gasteiger partial charge in [-0.05, 0) is 32.1 Å². The highest BCUT2D eigenvalue weighted by Crippen LogP contribution is 2.25. The lowest BCUT2D eigenvalue weighted by atomic mass is 9.86. The van der Waals surface area contributed by atoms with Crippen LogP contribution in [-0.2, 0) is 4.79 Å². The average molecular weight is 270 g/mol. The predicted molar refractivity (Wildman–Crippen MR) is 68.7 cm³/mol. The Hall–Kier alpha value is -1.30. The van der Waals surface area contributed by atoms with Gasteiger partial charge in [-0.1, -0.05) is 0 Å². The molecule has 1 heterocycles. The van der Waals surface area contributed by atoms with Crippen LogP contribution in [0.5, 0.6) is 0 Å². The molecule has 108 valence electrons. The summed E-state index contributed by atoms with van der Waals surface area (Å²) in [5.41, 5.74) is 0. The maximum absolute atomic E-state index is 12.0. The maximum atomic E-state index is 12.0. The van der Waals surface area contributed by atoms with E-state index in [0.29, 0.717) is 25.9 Å². The van der Waals surface area contributed by atoms with Gasteiger partial charge in [-0.2, -0.15) is 0 Å². The van der Waals surface area contributed by atoms with Crippen molar-refractivity contribution in [3.8, 4) is 0 Å². The monoisotopic (exact) mass is 270 g/mol. The lowest BCUT2D eigenvalue weighted by molar-refractivity contribution is -0.142. The first-order valence-corrected chi connectivity index (χ1v) is 6.99. The lowest BCUT2D eigenvalue weighted by Crippen LogP contribution is -2.45. The summed E-state index contributed by atoms with van der Waals surface area (Å²) in [5, 5.41) is 20.9. The molecule has 2 fully saturated rings. The highest BCUT2D eigenvalue weighted by molar-refractivity contribution is 5.75. The third-order valence-electron chi connectivity index (χ3n) is 4.24. The molecule has 6 nitrogen and oxygen atoms in total. The summed E-state index contributed by atoms with van der Waals surface area (Å²) in [4.78, 5) is 24.6. The molecule has 2 aliphatic rings. The van der Waals surface area contributed by atoms with Crippen molar-refractivity contribution < 1.29 is 19.8 Å². The second-order valence-electron chi connectivity index (χ2n) is 5.62. The first kappa shape index (κ1) is 14.1. The Bertz CT molecular complexity index is 340. The third-order valence-corrected chi connectivity index (χ3v) is 4.24. The second kappa shape index (κ2) is 6.23. The first-order valence-electron chi connectivity index (χ1n) is 6.99. The van der Waals surface area contributed by atoms with E-state index in [0.717, 1.165) is 19.3 Å². The summed E-state index contributed by atoms with van der Waals surface area (Å²) in [7, 11) is 0. The Morgan fingerprint density at radius 1 is 1.16 bits per heavy atom. The largest absolute Gasteiger partial charge is 0.481 e. The molecule has 1 saturated carbocycles. The van der Waals surface area contributed by atoms with Crippen LogP contribution in [0.15, 0.2) is 0 Å². The van der Waals surface area contributed by atoms with Crippen LogP contribution < -0.4 is 5.32 Å². The lowest BCUT2D eigenvalue weighted by Gasteiger charge is -2.28. The van der Waals surface area contributed by atoms with Gasteiger partial charge in [0.15, 0.2) is 0 Å². The smallest absolute Gasteiger partial charge is 0.317 e. The van der Waals surface area contributed by atoms with Gasteiger partial charge >= 0.3 is 12.0 Å². The van der Waals surface area contributed by atoms with E-state index in [-0.39, 0.29) is 30.5 Å². The predicted octanol–water partition coefficient (Wildman–Crippen LogP) is 0.654. The molecule has 1 atom stereocenters. The van der Waals surface area contributed by atoms with E-state index in [4.69, 9.17) is 10.2 Å². The van der Waals surface area contributed by atoms with Crippen molar-refractivity contribution in [1.82, 2.24) is 10.2 Å². The number of urea groups is 1. The molecule has 0 radical (unpaired) electrons. The van der Waals surface area contributed by atoms with Crippen LogP contribution in [0.25, 0.3) is 0 Å². The number of carboxylic acid groups (broad SMARTS) is 1. The second-order valence-corrected chi connectivity index (χ2v) is 5.62. The highest BCUT2D eigenvalue weighted by atomic mass is 16.4. The molecule has 1 unspecified atom stereocenters. The van der Waals surface area contributed by atoms with Crippen molar-refractivity contribution in [2.24, 2.45) is 11.8 Å². The van der Waals surface area contributed by atoms with Gasteiger partial charge in [0.05, 0.1) is 5.92 Å². The van der Waals surface area contributed by atoms with Gasteiger partial charge in [-0.25, -0.2) is 4.79 Å². The summed E-state index contributed by atoms with van der Waals surface area (Å²) in [6, 6.07) is 0.0194.